The summed E-state index contributed by atoms with van der Waals surface area (Å²) in [7, 11) is 0. The van der Waals surface area contributed by atoms with Gasteiger partial charge in [-0.1, -0.05) is 20.8 Å². The topological polar surface area (TPSA) is 37.8 Å². The third-order valence-corrected chi connectivity index (χ3v) is 3.42. The molecule has 2 aromatic heterocycles. The summed E-state index contributed by atoms with van der Waals surface area (Å²) in [4.78, 5) is 8.86. The highest BCUT2D eigenvalue weighted by Crippen LogP contribution is 2.31. The van der Waals surface area contributed by atoms with Crippen LogP contribution in [0.2, 0.25) is 0 Å². The first kappa shape index (κ1) is 15.2. The largest absolute Gasteiger partial charge is 0.378 e. The Hall–Kier alpha value is -1.16. The molecule has 20 heavy (non-hydrogen) atoms. The molecule has 0 aliphatic carbocycles. The first-order chi connectivity index (χ1) is 9.16. The molecule has 4 heteroatoms. The van der Waals surface area contributed by atoms with Crippen molar-refractivity contribution >= 4 is 32.7 Å². The van der Waals surface area contributed by atoms with Crippen LogP contribution in [0.5, 0.6) is 0 Å². The number of hydrogen-bond acceptors (Lipinski definition) is 3. The van der Waals surface area contributed by atoms with E-state index in [-0.39, 0.29) is 11.0 Å². The lowest BCUT2D eigenvalue weighted by atomic mass is 9.81. The second-order valence-electron chi connectivity index (χ2n) is 7.13. The highest BCUT2D eigenvalue weighted by atomic mass is 79.9. The molecule has 1 N–H and O–H groups in total. The van der Waals surface area contributed by atoms with Gasteiger partial charge in [0.2, 0.25) is 0 Å². The standard InChI is InChI=1S/C16H22BrN3/c1-15(2,3)10-16(4,5)20-12-6-7-18-13-8-11(17)9-19-14(12)13/h6-9H,10H2,1-5H3,(H,18,20). The van der Waals surface area contributed by atoms with Crippen molar-refractivity contribution < 1.29 is 0 Å². The van der Waals surface area contributed by atoms with Crippen LogP contribution < -0.4 is 5.32 Å². The molecule has 3 nitrogen and oxygen atoms in total. The van der Waals surface area contributed by atoms with Crippen LogP contribution in [-0.2, 0) is 0 Å². The Bertz CT molecular complexity index is 615. The molecule has 0 aromatic carbocycles. The number of hydrogen-bond donors (Lipinski definition) is 1. The Labute approximate surface area is 129 Å². The number of aromatic nitrogens is 2. The van der Waals surface area contributed by atoms with Crippen LogP contribution in [0.15, 0.2) is 29.0 Å². The first-order valence-corrected chi connectivity index (χ1v) is 7.64. The Morgan fingerprint density at radius 2 is 1.85 bits per heavy atom. The predicted octanol–water partition coefficient (Wildman–Crippen LogP) is 5.02. The molecule has 0 spiro atoms. The van der Waals surface area contributed by atoms with E-state index in [0.717, 1.165) is 27.6 Å². The quantitative estimate of drug-likeness (QED) is 0.855. The van der Waals surface area contributed by atoms with E-state index in [1.807, 2.05) is 24.5 Å². The number of fused-ring (bicyclic) bond motifs is 1. The van der Waals surface area contributed by atoms with Crippen LogP contribution in [0.4, 0.5) is 5.69 Å². The first-order valence-electron chi connectivity index (χ1n) is 6.85. The van der Waals surface area contributed by atoms with Crippen molar-refractivity contribution in [1.29, 1.82) is 0 Å². The van der Waals surface area contributed by atoms with Gasteiger partial charge in [-0.2, -0.15) is 0 Å². The summed E-state index contributed by atoms with van der Waals surface area (Å²) in [6, 6.07) is 3.98. The summed E-state index contributed by atoms with van der Waals surface area (Å²) >= 11 is 3.44. The summed E-state index contributed by atoms with van der Waals surface area (Å²) in [6.07, 6.45) is 4.71. The molecule has 0 saturated heterocycles. The second-order valence-corrected chi connectivity index (χ2v) is 8.04. The zero-order valence-electron chi connectivity index (χ0n) is 12.8. The maximum Gasteiger partial charge on any atom is 0.112 e. The summed E-state index contributed by atoms with van der Waals surface area (Å²) in [6.45, 7) is 11.2. The van der Waals surface area contributed by atoms with Crippen molar-refractivity contribution in [2.24, 2.45) is 5.41 Å². The minimum atomic E-state index is 0.00128. The number of pyridine rings is 2. The highest BCUT2D eigenvalue weighted by molar-refractivity contribution is 9.10. The third kappa shape index (κ3) is 3.92. The second kappa shape index (κ2) is 5.32. The van der Waals surface area contributed by atoms with E-state index in [1.165, 1.54) is 0 Å². The van der Waals surface area contributed by atoms with Gasteiger partial charge in [-0.3, -0.25) is 9.97 Å². The van der Waals surface area contributed by atoms with Crippen LogP contribution in [0.3, 0.4) is 0 Å². The molecule has 0 saturated carbocycles. The Balaban J connectivity index is 2.34. The van der Waals surface area contributed by atoms with Crippen molar-refractivity contribution in [3.63, 3.8) is 0 Å². The molecule has 0 fully saturated rings. The SMILES string of the molecule is CC(C)(C)CC(C)(C)Nc1ccnc2cc(Br)cnc12. The molecule has 0 aliphatic heterocycles. The number of nitrogens with zero attached hydrogens (tertiary/aromatic N) is 2. The van der Waals surface area contributed by atoms with Gasteiger partial charge in [-0.05, 0) is 53.7 Å². The van der Waals surface area contributed by atoms with E-state index in [2.05, 4.69) is 65.8 Å². The fraction of sp³-hybridized carbons (Fsp3) is 0.500. The fourth-order valence-corrected chi connectivity index (χ4v) is 3.16. The van der Waals surface area contributed by atoms with E-state index < -0.39 is 0 Å². The number of halogens is 1. The van der Waals surface area contributed by atoms with Crippen LogP contribution in [-0.4, -0.2) is 15.5 Å². The lowest BCUT2D eigenvalue weighted by Crippen LogP contribution is -2.35. The fourth-order valence-electron chi connectivity index (χ4n) is 2.84. The summed E-state index contributed by atoms with van der Waals surface area (Å²) in [5.41, 5.74) is 3.13. The van der Waals surface area contributed by atoms with Gasteiger partial charge < -0.3 is 5.32 Å². The summed E-state index contributed by atoms with van der Waals surface area (Å²) in [5.74, 6) is 0. The summed E-state index contributed by atoms with van der Waals surface area (Å²) in [5, 5.41) is 3.62. The predicted molar refractivity (Wildman–Crippen MR) is 89.0 cm³/mol. The van der Waals surface area contributed by atoms with Gasteiger partial charge in [0.1, 0.15) is 5.52 Å². The third-order valence-electron chi connectivity index (χ3n) is 2.99. The van der Waals surface area contributed by atoms with Gasteiger partial charge in [0.05, 0.1) is 11.2 Å². The normalized spacial score (nSPS) is 12.7. The number of anilines is 1. The smallest absolute Gasteiger partial charge is 0.112 e. The van der Waals surface area contributed by atoms with Crippen LogP contribution >= 0.6 is 15.9 Å². The molecule has 0 unspecified atom stereocenters. The van der Waals surface area contributed by atoms with E-state index in [4.69, 9.17) is 0 Å². The molecule has 0 radical (unpaired) electrons. The minimum absolute atomic E-state index is 0.00128. The lowest BCUT2D eigenvalue weighted by Gasteiger charge is -2.34. The van der Waals surface area contributed by atoms with Gasteiger partial charge in [-0.25, -0.2) is 0 Å². The minimum Gasteiger partial charge on any atom is -0.378 e. The van der Waals surface area contributed by atoms with E-state index in [0.29, 0.717) is 0 Å². The van der Waals surface area contributed by atoms with Gasteiger partial charge in [0.15, 0.2) is 0 Å². The molecule has 2 aromatic rings. The molecule has 0 aliphatic rings. The van der Waals surface area contributed by atoms with Gasteiger partial charge >= 0.3 is 0 Å². The van der Waals surface area contributed by atoms with Crippen LogP contribution in [0.25, 0.3) is 11.0 Å². The number of nitrogens with one attached hydrogen (secondary N) is 1. The molecular formula is C16H22BrN3. The van der Waals surface area contributed by atoms with Gasteiger partial charge in [-0.15, -0.1) is 0 Å². The maximum absolute atomic E-state index is 4.49. The van der Waals surface area contributed by atoms with Crippen LogP contribution in [0, 0.1) is 5.41 Å². The van der Waals surface area contributed by atoms with Gasteiger partial charge in [0, 0.05) is 22.4 Å². The molecule has 108 valence electrons. The van der Waals surface area contributed by atoms with Crippen molar-refractivity contribution in [3.8, 4) is 0 Å². The molecule has 0 amide bonds. The average molecular weight is 336 g/mol. The van der Waals surface area contributed by atoms with Crippen molar-refractivity contribution in [2.75, 3.05) is 5.32 Å². The average Bonchev–Trinajstić information content (AvgIpc) is 2.24. The Kier molecular flexibility index (Phi) is 4.05. The zero-order chi connectivity index (χ0) is 15.0. The van der Waals surface area contributed by atoms with Crippen molar-refractivity contribution in [3.05, 3.63) is 29.0 Å². The lowest BCUT2D eigenvalue weighted by molar-refractivity contribution is 0.302. The van der Waals surface area contributed by atoms with E-state index in [1.54, 1.807) is 0 Å². The maximum atomic E-state index is 4.49. The van der Waals surface area contributed by atoms with E-state index in [9.17, 15) is 0 Å². The molecule has 0 atom stereocenters. The molecule has 2 rings (SSSR count). The zero-order valence-corrected chi connectivity index (χ0v) is 14.4. The summed E-state index contributed by atoms with van der Waals surface area (Å²) < 4.78 is 0.948. The number of rotatable bonds is 3. The molecular weight excluding hydrogens is 314 g/mol. The Morgan fingerprint density at radius 1 is 1.15 bits per heavy atom. The molecule has 2 heterocycles. The highest BCUT2D eigenvalue weighted by Gasteiger charge is 2.25. The van der Waals surface area contributed by atoms with Crippen molar-refractivity contribution in [2.45, 2.75) is 46.6 Å². The van der Waals surface area contributed by atoms with Gasteiger partial charge in [0.25, 0.3) is 0 Å². The van der Waals surface area contributed by atoms with Crippen LogP contribution in [0.1, 0.15) is 41.0 Å². The molecule has 0 bridgehead atoms. The monoisotopic (exact) mass is 335 g/mol. The van der Waals surface area contributed by atoms with Crippen molar-refractivity contribution in [1.82, 2.24) is 9.97 Å². The van der Waals surface area contributed by atoms with E-state index >= 15 is 0 Å². The Morgan fingerprint density at radius 3 is 2.50 bits per heavy atom.